The summed E-state index contributed by atoms with van der Waals surface area (Å²) in [6.07, 6.45) is 5.29. The summed E-state index contributed by atoms with van der Waals surface area (Å²) >= 11 is 0. The molecular weight excluding hydrogens is 240 g/mol. The van der Waals surface area contributed by atoms with Gasteiger partial charge in [-0.1, -0.05) is 12.8 Å². The van der Waals surface area contributed by atoms with Crippen molar-refractivity contribution in [2.24, 2.45) is 12.8 Å². The summed E-state index contributed by atoms with van der Waals surface area (Å²) in [4.78, 5) is 12.0. The smallest absolute Gasteiger partial charge is 0.244 e. The topological polar surface area (TPSA) is 72.9 Å². The van der Waals surface area contributed by atoms with Crippen LogP contribution >= 0.6 is 12.4 Å². The number of anilines is 1. The van der Waals surface area contributed by atoms with Gasteiger partial charge in [0.05, 0.1) is 23.1 Å². The number of amides is 1. The number of carbonyl (C=O) groups excluding carboxylic acids is 1. The molecule has 6 heteroatoms. The van der Waals surface area contributed by atoms with Crippen LogP contribution in [0, 0.1) is 6.92 Å². The first-order chi connectivity index (χ1) is 7.53. The van der Waals surface area contributed by atoms with Gasteiger partial charge in [-0.25, -0.2) is 0 Å². The van der Waals surface area contributed by atoms with Gasteiger partial charge in [0.1, 0.15) is 0 Å². The number of halogens is 1. The zero-order valence-electron chi connectivity index (χ0n) is 10.2. The Morgan fingerprint density at radius 1 is 1.53 bits per heavy atom. The second kappa shape index (κ2) is 5.06. The molecule has 96 valence electrons. The SMILES string of the molecule is Cc1c(NC(=O)C2(N)CCCC2)cnn1C.Cl. The Balaban J connectivity index is 0.00000144. The lowest BCUT2D eigenvalue weighted by molar-refractivity contribution is -0.121. The Kier molecular flexibility index (Phi) is 4.16. The molecule has 1 aromatic heterocycles. The third kappa shape index (κ3) is 2.61. The molecule has 1 aliphatic rings. The number of rotatable bonds is 2. The van der Waals surface area contributed by atoms with E-state index in [9.17, 15) is 4.79 Å². The normalized spacial score (nSPS) is 17.6. The highest BCUT2D eigenvalue weighted by atomic mass is 35.5. The fourth-order valence-electron chi connectivity index (χ4n) is 2.10. The Morgan fingerprint density at radius 2 is 2.12 bits per heavy atom. The lowest BCUT2D eigenvalue weighted by atomic mass is 9.98. The number of nitrogens with one attached hydrogen (secondary N) is 1. The van der Waals surface area contributed by atoms with Gasteiger partial charge < -0.3 is 11.1 Å². The van der Waals surface area contributed by atoms with Gasteiger partial charge in [-0.3, -0.25) is 9.48 Å². The van der Waals surface area contributed by atoms with Crippen molar-refractivity contribution in [1.29, 1.82) is 0 Å². The first-order valence-corrected chi connectivity index (χ1v) is 5.62. The van der Waals surface area contributed by atoms with Crippen LogP contribution < -0.4 is 11.1 Å². The van der Waals surface area contributed by atoms with Crippen molar-refractivity contribution in [2.75, 3.05) is 5.32 Å². The van der Waals surface area contributed by atoms with E-state index in [1.807, 2.05) is 14.0 Å². The molecule has 0 aliphatic heterocycles. The molecule has 1 heterocycles. The maximum Gasteiger partial charge on any atom is 0.244 e. The molecular formula is C11H19ClN4O. The van der Waals surface area contributed by atoms with Crippen molar-refractivity contribution in [2.45, 2.75) is 38.1 Å². The molecule has 0 unspecified atom stereocenters. The van der Waals surface area contributed by atoms with E-state index in [-0.39, 0.29) is 18.3 Å². The number of aromatic nitrogens is 2. The predicted molar refractivity (Wildman–Crippen MR) is 69.2 cm³/mol. The van der Waals surface area contributed by atoms with Crippen molar-refractivity contribution in [3.05, 3.63) is 11.9 Å². The molecule has 17 heavy (non-hydrogen) atoms. The zero-order valence-corrected chi connectivity index (χ0v) is 11.0. The van der Waals surface area contributed by atoms with E-state index < -0.39 is 5.54 Å². The molecule has 1 aromatic rings. The summed E-state index contributed by atoms with van der Waals surface area (Å²) in [6.45, 7) is 1.92. The summed E-state index contributed by atoms with van der Waals surface area (Å²) in [5, 5.41) is 6.95. The van der Waals surface area contributed by atoms with Crippen LogP contribution in [0.2, 0.25) is 0 Å². The van der Waals surface area contributed by atoms with Gasteiger partial charge in [-0.2, -0.15) is 5.10 Å². The van der Waals surface area contributed by atoms with E-state index in [0.29, 0.717) is 0 Å². The molecule has 0 saturated heterocycles. The second-order valence-electron chi connectivity index (χ2n) is 4.58. The summed E-state index contributed by atoms with van der Waals surface area (Å²) in [5.41, 5.74) is 7.08. The number of aryl methyl sites for hydroxylation is 1. The second-order valence-corrected chi connectivity index (χ2v) is 4.58. The average Bonchev–Trinajstić information content (AvgIpc) is 2.81. The van der Waals surface area contributed by atoms with E-state index in [4.69, 9.17) is 5.73 Å². The molecule has 0 bridgehead atoms. The standard InChI is InChI=1S/C11H18N4O.ClH/c1-8-9(7-13-15(8)2)14-10(16)11(12)5-3-4-6-11;/h7H,3-6,12H2,1-2H3,(H,14,16);1H. The monoisotopic (exact) mass is 258 g/mol. The molecule has 0 atom stereocenters. The zero-order chi connectivity index (χ0) is 11.8. The highest BCUT2D eigenvalue weighted by Gasteiger charge is 2.37. The number of hydrogen-bond donors (Lipinski definition) is 2. The lowest BCUT2D eigenvalue weighted by Crippen LogP contribution is -2.48. The maximum absolute atomic E-state index is 12.0. The predicted octanol–water partition coefficient (Wildman–Crippen LogP) is 1.36. The Labute approximate surface area is 107 Å². The molecule has 1 fully saturated rings. The first kappa shape index (κ1) is 14.0. The summed E-state index contributed by atoms with van der Waals surface area (Å²) in [6, 6.07) is 0. The van der Waals surface area contributed by atoms with Crippen LogP contribution in [0.3, 0.4) is 0 Å². The first-order valence-electron chi connectivity index (χ1n) is 5.62. The van der Waals surface area contributed by atoms with Crippen LogP contribution in [0.5, 0.6) is 0 Å². The molecule has 0 radical (unpaired) electrons. The number of nitrogens with two attached hydrogens (primary N) is 1. The summed E-state index contributed by atoms with van der Waals surface area (Å²) in [5.74, 6) is -0.0823. The molecule has 1 saturated carbocycles. The van der Waals surface area contributed by atoms with Gasteiger partial charge in [-0.15, -0.1) is 12.4 Å². The third-order valence-corrected chi connectivity index (χ3v) is 3.43. The molecule has 0 spiro atoms. The Morgan fingerprint density at radius 3 is 2.59 bits per heavy atom. The fraction of sp³-hybridized carbons (Fsp3) is 0.636. The van der Waals surface area contributed by atoms with Gasteiger partial charge >= 0.3 is 0 Å². The molecule has 0 aromatic carbocycles. The largest absolute Gasteiger partial charge is 0.322 e. The van der Waals surface area contributed by atoms with Crippen molar-refractivity contribution < 1.29 is 4.79 Å². The van der Waals surface area contributed by atoms with Crippen LogP contribution in [-0.4, -0.2) is 21.2 Å². The van der Waals surface area contributed by atoms with E-state index in [0.717, 1.165) is 37.1 Å². The van der Waals surface area contributed by atoms with Crippen LogP contribution in [0.25, 0.3) is 0 Å². The third-order valence-electron chi connectivity index (χ3n) is 3.43. The Bertz CT molecular complexity index is 410. The minimum absolute atomic E-state index is 0. The minimum Gasteiger partial charge on any atom is -0.322 e. The lowest BCUT2D eigenvalue weighted by Gasteiger charge is -2.21. The number of carbonyl (C=O) groups is 1. The van der Waals surface area contributed by atoms with Crippen LogP contribution in [0.4, 0.5) is 5.69 Å². The van der Waals surface area contributed by atoms with Crippen molar-refractivity contribution in [3.63, 3.8) is 0 Å². The van der Waals surface area contributed by atoms with Crippen LogP contribution in [-0.2, 0) is 11.8 Å². The number of nitrogens with zero attached hydrogens (tertiary/aromatic N) is 2. The van der Waals surface area contributed by atoms with Crippen molar-refractivity contribution in [3.8, 4) is 0 Å². The summed E-state index contributed by atoms with van der Waals surface area (Å²) in [7, 11) is 1.85. The van der Waals surface area contributed by atoms with E-state index in [1.54, 1.807) is 10.9 Å². The van der Waals surface area contributed by atoms with Crippen LogP contribution in [0.15, 0.2) is 6.20 Å². The van der Waals surface area contributed by atoms with Gasteiger partial charge in [0.15, 0.2) is 0 Å². The molecule has 5 nitrogen and oxygen atoms in total. The van der Waals surface area contributed by atoms with E-state index >= 15 is 0 Å². The summed E-state index contributed by atoms with van der Waals surface area (Å²) < 4.78 is 1.73. The van der Waals surface area contributed by atoms with Crippen LogP contribution in [0.1, 0.15) is 31.4 Å². The maximum atomic E-state index is 12.0. The van der Waals surface area contributed by atoms with Crippen molar-refractivity contribution >= 4 is 24.0 Å². The van der Waals surface area contributed by atoms with Crippen molar-refractivity contribution in [1.82, 2.24) is 9.78 Å². The van der Waals surface area contributed by atoms with E-state index in [2.05, 4.69) is 10.4 Å². The van der Waals surface area contributed by atoms with Gasteiger partial charge in [-0.05, 0) is 19.8 Å². The average molecular weight is 259 g/mol. The molecule has 3 N–H and O–H groups in total. The highest BCUT2D eigenvalue weighted by Crippen LogP contribution is 2.28. The van der Waals surface area contributed by atoms with Gasteiger partial charge in [0.25, 0.3) is 0 Å². The fourth-order valence-corrected chi connectivity index (χ4v) is 2.10. The van der Waals surface area contributed by atoms with Gasteiger partial charge in [0, 0.05) is 7.05 Å². The van der Waals surface area contributed by atoms with Gasteiger partial charge in [0.2, 0.25) is 5.91 Å². The molecule has 1 aliphatic carbocycles. The Hall–Kier alpha value is -1.07. The molecule has 2 rings (SSSR count). The highest BCUT2D eigenvalue weighted by molar-refractivity contribution is 5.98. The van der Waals surface area contributed by atoms with E-state index in [1.165, 1.54) is 0 Å². The molecule has 1 amide bonds. The number of hydrogen-bond acceptors (Lipinski definition) is 3. The minimum atomic E-state index is -0.678. The quantitative estimate of drug-likeness (QED) is 0.841.